The van der Waals surface area contributed by atoms with E-state index in [0.29, 0.717) is 0 Å². The van der Waals surface area contributed by atoms with Gasteiger partial charge in [-0.1, -0.05) is 54.7 Å². The first-order valence-corrected chi connectivity index (χ1v) is 5.21. The lowest BCUT2D eigenvalue weighted by molar-refractivity contribution is 0.866. The molecule has 73 valence electrons. The van der Waals surface area contributed by atoms with Crippen LogP contribution in [0.25, 0.3) is 0 Å². The minimum Gasteiger partial charge on any atom is -0.0882 e. The van der Waals surface area contributed by atoms with Crippen molar-refractivity contribution in [2.45, 2.75) is 25.7 Å². The van der Waals surface area contributed by atoms with Gasteiger partial charge in [-0.3, -0.25) is 0 Å². The third kappa shape index (κ3) is 6.24. The molecule has 0 bridgehead atoms. The minimum absolute atomic E-state index is 1.04. The molecule has 0 aromatic rings. The number of rotatable bonds is 0. The Kier molecular flexibility index (Phi) is 6.39. The summed E-state index contributed by atoms with van der Waals surface area (Å²) < 4.78 is 0. The first-order valence-electron chi connectivity index (χ1n) is 5.21. The van der Waals surface area contributed by atoms with E-state index in [1.54, 1.807) is 0 Å². The molecule has 0 amide bonds. The summed E-state index contributed by atoms with van der Waals surface area (Å²) in [5.41, 5.74) is 0. The molecule has 14 heavy (non-hydrogen) atoms. The summed E-state index contributed by atoms with van der Waals surface area (Å²) in [5.74, 6) is 0. The van der Waals surface area contributed by atoms with E-state index in [9.17, 15) is 0 Å². The van der Waals surface area contributed by atoms with E-state index in [2.05, 4.69) is 36.5 Å². The Morgan fingerprint density at radius 1 is 0.786 bits per heavy atom. The zero-order valence-corrected chi connectivity index (χ0v) is 8.52. The average Bonchev–Trinajstić information content (AvgIpc) is 2.22. The predicted octanol–water partition coefficient (Wildman–Crippen LogP) is 4.14. The zero-order valence-electron chi connectivity index (χ0n) is 8.52. The van der Waals surface area contributed by atoms with Crippen molar-refractivity contribution in [2.24, 2.45) is 0 Å². The second-order valence-corrected chi connectivity index (χ2v) is 3.19. The Morgan fingerprint density at radius 3 is 2.71 bits per heavy atom. The third-order valence-corrected chi connectivity index (χ3v) is 1.95. The highest BCUT2D eigenvalue weighted by molar-refractivity contribution is 5.13. The maximum absolute atomic E-state index is 3.09. The van der Waals surface area contributed by atoms with E-state index < -0.39 is 0 Å². The summed E-state index contributed by atoms with van der Waals surface area (Å²) in [6.45, 7) is 0. The van der Waals surface area contributed by atoms with Crippen LogP contribution in [0.1, 0.15) is 25.7 Å². The van der Waals surface area contributed by atoms with Crippen LogP contribution in [0.4, 0.5) is 0 Å². The highest BCUT2D eigenvalue weighted by atomic mass is 13.9. The van der Waals surface area contributed by atoms with Crippen molar-refractivity contribution < 1.29 is 0 Å². The summed E-state index contributed by atoms with van der Waals surface area (Å²) in [7, 11) is 0. The van der Waals surface area contributed by atoms with Crippen LogP contribution in [-0.2, 0) is 0 Å². The van der Waals surface area contributed by atoms with E-state index in [1.165, 1.54) is 12.8 Å². The lowest BCUT2D eigenvalue weighted by Gasteiger charge is -1.89. The van der Waals surface area contributed by atoms with Crippen LogP contribution in [0.5, 0.6) is 0 Å². The van der Waals surface area contributed by atoms with Crippen LogP contribution < -0.4 is 0 Å². The Hall–Kier alpha value is -1.30. The molecular weight excluding hydrogens is 168 g/mol. The van der Waals surface area contributed by atoms with Gasteiger partial charge in [0.2, 0.25) is 0 Å². The van der Waals surface area contributed by atoms with Crippen LogP contribution in [-0.4, -0.2) is 0 Å². The lowest BCUT2D eigenvalue weighted by atomic mass is 10.2. The molecule has 0 atom stereocenters. The van der Waals surface area contributed by atoms with Gasteiger partial charge in [-0.25, -0.2) is 0 Å². The van der Waals surface area contributed by atoms with Gasteiger partial charge in [0, 0.05) is 0 Å². The molecular formula is C14H17. The summed E-state index contributed by atoms with van der Waals surface area (Å²) in [4.78, 5) is 0. The normalized spacial score (nSPS) is 18.3. The molecule has 1 aliphatic rings. The van der Waals surface area contributed by atoms with Gasteiger partial charge >= 0.3 is 0 Å². The monoisotopic (exact) mass is 185 g/mol. The van der Waals surface area contributed by atoms with Crippen molar-refractivity contribution in [1.82, 2.24) is 0 Å². The standard InChI is InChI=1S/C14H17/c1-2-4-6-8-10-12-14-13-11-9-7-5-3-1/h1-5,8-11H,6,12-14H2. The molecule has 0 heterocycles. The first kappa shape index (κ1) is 10.8. The van der Waals surface area contributed by atoms with Crippen LogP contribution >= 0.6 is 0 Å². The maximum atomic E-state index is 3.09. The first-order chi connectivity index (χ1) is 7.00. The molecule has 0 saturated heterocycles. The SMILES string of the molecule is [C]1=CC=CC=CCC=CCCCC=C1. The molecule has 0 saturated carbocycles. The molecule has 1 radical (unpaired) electrons. The molecule has 0 nitrogen and oxygen atoms in total. The molecule has 0 aromatic carbocycles. The highest BCUT2D eigenvalue weighted by Crippen LogP contribution is 1.99. The van der Waals surface area contributed by atoms with Crippen molar-refractivity contribution >= 4 is 0 Å². The van der Waals surface area contributed by atoms with Crippen molar-refractivity contribution in [2.75, 3.05) is 0 Å². The summed E-state index contributed by atoms with van der Waals surface area (Å²) in [6, 6.07) is 0. The van der Waals surface area contributed by atoms with Gasteiger partial charge in [-0.2, -0.15) is 0 Å². The molecule has 0 aliphatic heterocycles. The molecule has 0 N–H and O–H groups in total. The fourth-order valence-electron chi connectivity index (χ4n) is 1.19. The quantitative estimate of drug-likeness (QED) is 0.497. The summed E-state index contributed by atoms with van der Waals surface area (Å²) >= 11 is 0. The predicted molar refractivity (Wildman–Crippen MR) is 62.8 cm³/mol. The average molecular weight is 185 g/mol. The van der Waals surface area contributed by atoms with E-state index in [-0.39, 0.29) is 0 Å². The second kappa shape index (κ2) is 8.31. The van der Waals surface area contributed by atoms with Gasteiger partial charge in [-0.15, -0.1) is 0 Å². The van der Waals surface area contributed by atoms with Crippen molar-refractivity contribution in [1.29, 1.82) is 0 Å². The molecule has 1 rings (SSSR count). The number of hydrogen-bond acceptors (Lipinski definition) is 0. The Bertz CT molecular complexity index is 262. The molecule has 0 unspecified atom stereocenters. The summed E-state index contributed by atoms with van der Waals surface area (Å²) in [5, 5.41) is 0. The zero-order chi connectivity index (χ0) is 9.90. The molecule has 0 fully saturated rings. The van der Waals surface area contributed by atoms with Gasteiger partial charge < -0.3 is 0 Å². The second-order valence-electron chi connectivity index (χ2n) is 3.19. The Morgan fingerprint density at radius 2 is 1.71 bits per heavy atom. The van der Waals surface area contributed by atoms with Crippen molar-refractivity contribution in [3.63, 3.8) is 0 Å². The van der Waals surface area contributed by atoms with Crippen LogP contribution in [0.15, 0.2) is 54.7 Å². The third-order valence-electron chi connectivity index (χ3n) is 1.95. The van der Waals surface area contributed by atoms with Gasteiger partial charge in [0.1, 0.15) is 0 Å². The van der Waals surface area contributed by atoms with Crippen molar-refractivity contribution in [3.8, 4) is 0 Å². The van der Waals surface area contributed by atoms with Crippen molar-refractivity contribution in [3.05, 3.63) is 60.8 Å². The molecule has 0 aromatic heterocycles. The fourth-order valence-corrected chi connectivity index (χ4v) is 1.19. The maximum Gasteiger partial charge on any atom is -0.0166 e. The smallest absolute Gasteiger partial charge is 0.0166 e. The number of allylic oxidation sites excluding steroid dienone is 10. The van der Waals surface area contributed by atoms with Gasteiger partial charge in [0.15, 0.2) is 0 Å². The molecule has 0 heteroatoms. The van der Waals surface area contributed by atoms with E-state index in [4.69, 9.17) is 0 Å². The van der Waals surface area contributed by atoms with E-state index in [1.807, 2.05) is 24.3 Å². The van der Waals surface area contributed by atoms with Gasteiger partial charge in [-0.05, 0) is 31.8 Å². The highest BCUT2D eigenvalue weighted by Gasteiger charge is 1.79. The van der Waals surface area contributed by atoms with Crippen LogP contribution in [0.3, 0.4) is 0 Å². The molecule has 0 spiro atoms. The lowest BCUT2D eigenvalue weighted by Crippen LogP contribution is -1.69. The van der Waals surface area contributed by atoms with Crippen LogP contribution in [0.2, 0.25) is 0 Å². The van der Waals surface area contributed by atoms with Crippen LogP contribution in [0, 0.1) is 6.08 Å². The Balaban J connectivity index is 2.46. The minimum atomic E-state index is 1.04. The van der Waals surface area contributed by atoms with E-state index >= 15 is 0 Å². The Labute approximate surface area is 87.0 Å². The summed E-state index contributed by atoms with van der Waals surface area (Å²) in [6.07, 6.45) is 26.5. The van der Waals surface area contributed by atoms with E-state index in [0.717, 1.165) is 12.8 Å². The van der Waals surface area contributed by atoms with Gasteiger partial charge in [0.25, 0.3) is 0 Å². The van der Waals surface area contributed by atoms with Gasteiger partial charge in [0.05, 0.1) is 0 Å². The topological polar surface area (TPSA) is 0 Å². The largest absolute Gasteiger partial charge is 0.0882 e. The number of hydrogen-bond donors (Lipinski definition) is 0. The fraction of sp³-hybridized carbons (Fsp3) is 0.286. The molecule has 1 aliphatic carbocycles.